The number of aromatic nitrogens is 1. The molecule has 1 atom stereocenters. The van der Waals surface area contributed by atoms with E-state index in [0.29, 0.717) is 0 Å². The summed E-state index contributed by atoms with van der Waals surface area (Å²) in [5.41, 5.74) is 8.42. The monoisotopic (exact) mass is 380 g/mol. The van der Waals surface area contributed by atoms with Crippen molar-refractivity contribution in [2.45, 2.75) is 26.3 Å². The zero-order valence-corrected chi connectivity index (χ0v) is 17.4. The fourth-order valence-corrected chi connectivity index (χ4v) is 4.02. The number of para-hydroxylation sites is 1. The normalized spacial score (nSPS) is 12.1. The Hall–Kier alpha value is -3.26. The molecule has 0 bridgehead atoms. The summed E-state index contributed by atoms with van der Waals surface area (Å²) in [6.45, 7) is 8.88. The van der Waals surface area contributed by atoms with Crippen LogP contribution in [0.4, 0.5) is 5.69 Å². The molecule has 146 valence electrons. The Bertz CT molecular complexity index is 1170. The molecule has 3 aromatic carbocycles. The van der Waals surface area contributed by atoms with Gasteiger partial charge in [-0.2, -0.15) is 0 Å². The van der Waals surface area contributed by atoms with Gasteiger partial charge in [-0.3, -0.25) is 0 Å². The van der Waals surface area contributed by atoms with Crippen molar-refractivity contribution in [2.24, 2.45) is 7.05 Å². The third kappa shape index (κ3) is 3.84. The van der Waals surface area contributed by atoms with Crippen molar-refractivity contribution in [3.05, 3.63) is 108 Å². The summed E-state index contributed by atoms with van der Waals surface area (Å²) in [7, 11) is 2.10. The van der Waals surface area contributed by atoms with Crippen LogP contribution in [0.25, 0.3) is 16.5 Å². The number of fused-ring (bicyclic) bond motifs is 1. The fraction of sp³-hybridized carbons (Fsp3) is 0.185. The molecule has 29 heavy (non-hydrogen) atoms. The predicted octanol–water partition coefficient (Wildman–Crippen LogP) is 6.92. The van der Waals surface area contributed by atoms with E-state index in [-0.39, 0.29) is 6.04 Å². The molecular weight excluding hydrogens is 352 g/mol. The van der Waals surface area contributed by atoms with Gasteiger partial charge in [0.15, 0.2) is 0 Å². The first-order valence-electron chi connectivity index (χ1n) is 10.2. The number of benzene rings is 3. The van der Waals surface area contributed by atoms with Crippen LogP contribution in [0.5, 0.6) is 0 Å². The predicted molar refractivity (Wildman–Crippen MR) is 125 cm³/mol. The fourth-order valence-electron chi connectivity index (χ4n) is 4.02. The molecule has 2 nitrogen and oxygen atoms in total. The lowest BCUT2D eigenvalue weighted by atomic mass is 9.92. The zero-order chi connectivity index (χ0) is 20.4. The number of nitrogens with zero attached hydrogens (tertiary/aromatic N) is 1. The van der Waals surface area contributed by atoms with Gasteiger partial charge < -0.3 is 9.88 Å². The molecule has 1 N–H and O–H groups in total. The van der Waals surface area contributed by atoms with Gasteiger partial charge in [-0.1, -0.05) is 73.7 Å². The first kappa shape index (κ1) is 19.1. The van der Waals surface area contributed by atoms with Crippen LogP contribution in [0.3, 0.4) is 0 Å². The maximum absolute atomic E-state index is 4.56. The van der Waals surface area contributed by atoms with E-state index in [4.69, 9.17) is 0 Å². The van der Waals surface area contributed by atoms with Gasteiger partial charge in [-0.25, -0.2) is 0 Å². The number of anilines is 1. The van der Waals surface area contributed by atoms with Gasteiger partial charge in [0.2, 0.25) is 0 Å². The highest BCUT2D eigenvalue weighted by molar-refractivity contribution is 5.94. The van der Waals surface area contributed by atoms with Gasteiger partial charge in [0, 0.05) is 35.4 Å². The minimum absolute atomic E-state index is 0.00666. The van der Waals surface area contributed by atoms with Gasteiger partial charge in [-0.05, 0) is 48.2 Å². The molecule has 0 aliphatic heterocycles. The average Bonchev–Trinajstić information content (AvgIpc) is 3.08. The topological polar surface area (TPSA) is 17.0 Å². The molecule has 1 unspecified atom stereocenters. The number of nitrogens with one attached hydrogen (secondary N) is 1. The van der Waals surface area contributed by atoms with Crippen molar-refractivity contribution in [3.8, 4) is 0 Å². The summed E-state index contributed by atoms with van der Waals surface area (Å²) in [6, 6.07) is 25.9. The summed E-state index contributed by atoms with van der Waals surface area (Å²) in [6.07, 6.45) is 3.22. The quantitative estimate of drug-likeness (QED) is 0.384. The molecule has 0 amide bonds. The molecule has 0 saturated heterocycles. The zero-order valence-electron chi connectivity index (χ0n) is 17.4. The van der Waals surface area contributed by atoms with Crippen molar-refractivity contribution < 1.29 is 0 Å². The van der Waals surface area contributed by atoms with Crippen molar-refractivity contribution in [2.75, 3.05) is 5.32 Å². The van der Waals surface area contributed by atoms with E-state index in [1.54, 1.807) is 0 Å². The molecule has 0 radical (unpaired) electrons. The van der Waals surface area contributed by atoms with Crippen LogP contribution in [0, 0.1) is 6.92 Å². The van der Waals surface area contributed by atoms with E-state index in [1.165, 1.54) is 33.2 Å². The lowest BCUT2D eigenvalue weighted by Crippen LogP contribution is -2.13. The highest BCUT2D eigenvalue weighted by atomic mass is 14.9. The second kappa shape index (κ2) is 8.00. The SMILES string of the molecule is C=C(c1cn(C)c2ccccc12)C(Nc1cccc(CC)c1)c1cccc(C)c1. The van der Waals surface area contributed by atoms with Crippen molar-refractivity contribution in [3.63, 3.8) is 0 Å². The van der Waals surface area contributed by atoms with Crippen molar-refractivity contribution in [1.29, 1.82) is 0 Å². The summed E-state index contributed by atoms with van der Waals surface area (Å²) in [5, 5.41) is 5.00. The summed E-state index contributed by atoms with van der Waals surface area (Å²) >= 11 is 0. The lowest BCUT2D eigenvalue weighted by molar-refractivity contribution is 0.959. The Morgan fingerprint density at radius 2 is 1.79 bits per heavy atom. The van der Waals surface area contributed by atoms with Crippen LogP contribution in [-0.4, -0.2) is 4.57 Å². The molecule has 4 rings (SSSR count). The van der Waals surface area contributed by atoms with Gasteiger partial charge in [0.1, 0.15) is 0 Å². The molecule has 0 fully saturated rings. The second-order valence-electron chi connectivity index (χ2n) is 7.74. The van der Waals surface area contributed by atoms with E-state index in [0.717, 1.165) is 17.7 Å². The van der Waals surface area contributed by atoms with Crippen LogP contribution in [0.15, 0.2) is 85.6 Å². The van der Waals surface area contributed by atoms with E-state index in [2.05, 4.69) is 116 Å². The maximum atomic E-state index is 4.56. The van der Waals surface area contributed by atoms with E-state index in [1.807, 2.05) is 0 Å². The lowest BCUT2D eigenvalue weighted by Gasteiger charge is -2.24. The maximum Gasteiger partial charge on any atom is 0.0768 e. The van der Waals surface area contributed by atoms with Crippen LogP contribution in [-0.2, 0) is 13.5 Å². The van der Waals surface area contributed by atoms with Gasteiger partial charge in [-0.15, -0.1) is 0 Å². The summed E-state index contributed by atoms with van der Waals surface area (Å²) in [5.74, 6) is 0. The molecule has 0 spiro atoms. The Balaban J connectivity index is 1.79. The Labute approximate surface area is 173 Å². The highest BCUT2D eigenvalue weighted by Crippen LogP contribution is 2.36. The van der Waals surface area contributed by atoms with Gasteiger partial charge in [0.25, 0.3) is 0 Å². The van der Waals surface area contributed by atoms with Crippen LogP contribution < -0.4 is 5.32 Å². The number of rotatable bonds is 6. The largest absolute Gasteiger partial charge is 0.374 e. The van der Waals surface area contributed by atoms with Crippen LogP contribution in [0.2, 0.25) is 0 Å². The summed E-state index contributed by atoms with van der Waals surface area (Å²) in [4.78, 5) is 0. The molecule has 1 aromatic heterocycles. The smallest absolute Gasteiger partial charge is 0.0768 e. The van der Waals surface area contributed by atoms with Crippen LogP contribution >= 0.6 is 0 Å². The molecular formula is C27H28N2. The van der Waals surface area contributed by atoms with Crippen molar-refractivity contribution in [1.82, 2.24) is 4.57 Å². The highest BCUT2D eigenvalue weighted by Gasteiger charge is 2.20. The third-order valence-corrected chi connectivity index (χ3v) is 5.61. The van der Waals surface area contributed by atoms with Gasteiger partial charge in [0.05, 0.1) is 6.04 Å². The molecule has 0 aliphatic rings. The molecule has 0 aliphatic carbocycles. The average molecular weight is 381 g/mol. The van der Waals surface area contributed by atoms with E-state index >= 15 is 0 Å². The van der Waals surface area contributed by atoms with Crippen LogP contribution in [0.1, 0.15) is 35.2 Å². The second-order valence-corrected chi connectivity index (χ2v) is 7.74. The van der Waals surface area contributed by atoms with E-state index < -0.39 is 0 Å². The molecule has 1 heterocycles. The first-order chi connectivity index (χ1) is 14.1. The molecule has 2 heteroatoms. The standard InChI is InChI=1S/C27H28N2/c1-5-21-11-9-13-23(17-21)28-27(22-12-8-10-19(2)16-22)20(3)25-18-29(4)26-15-7-6-14-24(25)26/h6-18,27-28H,3,5H2,1-2,4H3. The number of aryl methyl sites for hydroxylation is 3. The van der Waals surface area contributed by atoms with Crippen molar-refractivity contribution >= 4 is 22.2 Å². The minimum atomic E-state index is -0.00666. The Morgan fingerprint density at radius 1 is 1.00 bits per heavy atom. The minimum Gasteiger partial charge on any atom is -0.374 e. The Morgan fingerprint density at radius 3 is 2.59 bits per heavy atom. The van der Waals surface area contributed by atoms with Gasteiger partial charge >= 0.3 is 0 Å². The molecule has 4 aromatic rings. The number of hydrogen-bond donors (Lipinski definition) is 1. The van der Waals surface area contributed by atoms with E-state index in [9.17, 15) is 0 Å². The Kier molecular flexibility index (Phi) is 5.26. The number of hydrogen-bond acceptors (Lipinski definition) is 1. The first-order valence-corrected chi connectivity index (χ1v) is 10.2. The molecule has 0 saturated carbocycles. The third-order valence-electron chi connectivity index (χ3n) is 5.61. The summed E-state index contributed by atoms with van der Waals surface area (Å²) < 4.78 is 2.18.